The van der Waals surface area contributed by atoms with Crippen molar-refractivity contribution in [2.75, 3.05) is 26.2 Å². The summed E-state index contributed by atoms with van der Waals surface area (Å²) in [6.45, 7) is 10.1. The third kappa shape index (κ3) is 4.45. The summed E-state index contributed by atoms with van der Waals surface area (Å²) in [6, 6.07) is 3.52. The number of aryl methyl sites for hydroxylation is 1. The fraction of sp³-hybridized carbons (Fsp3) is 0.529. The zero-order valence-electron chi connectivity index (χ0n) is 14.1. The molecule has 2 aromatic rings. The van der Waals surface area contributed by atoms with Gasteiger partial charge in [0.25, 0.3) is 5.91 Å². The van der Waals surface area contributed by atoms with Gasteiger partial charge in [-0.2, -0.15) is 0 Å². The maximum absolute atomic E-state index is 12.4. The van der Waals surface area contributed by atoms with Crippen LogP contribution in [0.25, 0.3) is 5.65 Å². The Hall–Kier alpha value is -1.59. The molecule has 6 heteroatoms. The van der Waals surface area contributed by atoms with Crippen LogP contribution in [0.15, 0.2) is 18.3 Å². The summed E-state index contributed by atoms with van der Waals surface area (Å²) in [5, 5.41) is 3.61. The average molecular weight is 337 g/mol. The summed E-state index contributed by atoms with van der Waals surface area (Å²) in [5.41, 5.74) is 2.00. The predicted octanol–water partition coefficient (Wildman–Crippen LogP) is 3.15. The van der Waals surface area contributed by atoms with Gasteiger partial charge >= 0.3 is 0 Å². The summed E-state index contributed by atoms with van der Waals surface area (Å²) in [4.78, 5) is 19.2. The number of nitrogens with one attached hydrogen (secondary N) is 1. The third-order valence-electron chi connectivity index (χ3n) is 4.06. The van der Waals surface area contributed by atoms with Gasteiger partial charge in [0.15, 0.2) is 0 Å². The van der Waals surface area contributed by atoms with Gasteiger partial charge in [-0.15, -0.1) is 0 Å². The van der Waals surface area contributed by atoms with Gasteiger partial charge in [0, 0.05) is 23.8 Å². The summed E-state index contributed by atoms with van der Waals surface area (Å²) in [6.07, 6.45) is 3.85. The highest BCUT2D eigenvalue weighted by Crippen LogP contribution is 2.16. The number of unbranched alkanes of at least 4 members (excludes halogenated alkanes) is 1. The molecular weight excluding hydrogens is 312 g/mol. The molecular formula is C17H25ClN4O. The molecule has 0 unspecified atom stereocenters. The molecule has 0 radical (unpaired) electrons. The third-order valence-corrected chi connectivity index (χ3v) is 4.29. The Balaban J connectivity index is 1.90. The van der Waals surface area contributed by atoms with Gasteiger partial charge < -0.3 is 10.2 Å². The largest absolute Gasteiger partial charge is 0.351 e. The first kappa shape index (κ1) is 17.8. The molecule has 5 nitrogen and oxygen atoms in total. The molecule has 0 fully saturated rings. The molecule has 0 spiro atoms. The van der Waals surface area contributed by atoms with Gasteiger partial charge in [0.1, 0.15) is 11.3 Å². The molecule has 0 saturated carbocycles. The van der Waals surface area contributed by atoms with Crippen molar-refractivity contribution in [2.24, 2.45) is 0 Å². The Kier molecular flexibility index (Phi) is 6.42. The monoisotopic (exact) mass is 336 g/mol. The first-order valence-electron chi connectivity index (χ1n) is 8.21. The quantitative estimate of drug-likeness (QED) is 0.753. The lowest BCUT2D eigenvalue weighted by Crippen LogP contribution is -2.28. The Morgan fingerprint density at radius 3 is 2.78 bits per heavy atom. The molecule has 2 aromatic heterocycles. The second kappa shape index (κ2) is 8.31. The van der Waals surface area contributed by atoms with Crippen LogP contribution in [0, 0.1) is 6.92 Å². The van der Waals surface area contributed by atoms with Crippen molar-refractivity contribution in [1.82, 2.24) is 19.6 Å². The second-order valence-electron chi connectivity index (χ2n) is 5.61. The molecule has 0 saturated heterocycles. The van der Waals surface area contributed by atoms with Gasteiger partial charge in [-0.1, -0.05) is 25.4 Å². The van der Waals surface area contributed by atoms with Crippen LogP contribution in [-0.2, 0) is 0 Å². The maximum Gasteiger partial charge on any atom is 0.270 e. The number of nitrogens with zero attached hydrogens (tertiary/aromatic N) is 3. The minimum atomic E-state index is -0.0832. The molecule has 126 valence electrons. The molecule has 0 aliphatic carbocycles. The molecule has 1 N–H and O–H groups in total. The van der Waals surface area contributed by atoms with Gasteiger partial charge in [-0.05, 0) is 45.5 Å². The summed E-state index contributed by atoms with van der Waals surface area (Å²) < 4.78 is 1.78. The number of carbonyl (C=O) groups excluding carboxylic acids is 1. The molecule has 0 aliphatic heterocycles. The number of pyridine rings is 1. The number of amides is 1. The number of hydrogen-bond acceptors (Lipinski definition) is 3. The van der Waals surface area contributed by atoms with Crippen molar-refractivity contribution >= 4 is 23.2 Å². The Bertz CT molecular complexity index is 664. The van der Waals surface area contributed by atoms with E-state index in [-0.39, 0.29) is 5.91 Å². The maximum atomic E-state index is 12.4. The number of halogens is 1. The lowest BCUT2D eigenvalue weighted by atomic mass is 10.2. The molecule has 2 heterocycles. The van der Waals surface area contributed by atoms with Gasteiger partial charge in [0.05, 0.1) is 5.69 Å². The van der Waals surface area contributed by atoms with E-state index < -0.39 is 0 Å². The van der Waals surface area contributed by atoms with E-state index in [2.05, 4.69) is 29.0 Å². The first-order valence-corrected chi connectivity index (χ1v) is 8.59. The topological polar surface area (TPSA) is 49.6 Å². The second-order valence-corrected chi connectivity index (χ2v) is 6.05. The molecule has 0 aliphatic rings. The van der Waals surface area contributed by atoms with Crippen LogP contribution >= 0.6 is 11.6 Å². The molecule has 23 heavy (non-hydrogen) atoms. The molecule has 1 amide bonds. The fourth-order valence-electron chi connectivity index (χ4n) is 2.70. The van der Waals surface area contributed by atoms with Crippen LogP contribution in [0.1, 0.15) is 42.9 Å². The first-order chi connectivity index (χ1) is 11.1. The predicted molar refractivity (Wildman–Crippen MR) is 94.3 cm³/mol. The minimum Gasteiger partial charge on any atom is -0.351 e. The van der Waals surface area contributed by atoms with Crippen molar-refractivity contribution in [1.29, 1.82) is 0 Å². The van der Waals surface area contributed by atoms with Crippen LogP contribution in [-0.4, -0.2) is 46.4 Å². The van der Waals surface area contributed by atoms with Crippen molar-refractivity contribution in [3.63, 3.8) is 0 Å². The van der Waals surface area contributed by atoms with E-state index in [9.17, 15) is 4.79 Å². The van der Waals surface area contributed by atoms with E-state index >= 15 is 0 Å². The van der Waals surface area contributed by atoms with Crippen molar-refractivity contribution < 1.29 is 4.79 Å². The van der Waals surface area contributed by atoms with Crippen LogP contribution in [0.4, 0.5) is 0 Å². The Labute approximate surface area is 142 Å². The number of carbonyl (C=O) groups is 1. The lowest BCUT2D eigenvalue weighted by molar-refractivity contribution is 0.0946. The van der Waals surface area contributed by atoms with E-state index in [1.807, 2.05) is 6.92 Å². The van der Waals surface area contributed by atoms with Crippen molar-refractivity contribution in [2.45, 2.75) is 33.6 Å². The minimum absolute atomic E-state index is 0.0832. The number of hydrogen-bond donors (Lipinski definition) is 1. The smallest absolute Gasteiger partial charge is 0.270 e. The van der Waals surface area contributed by atoms with E-state index in [1.165, 1.54) is 0 Å². The van der Waals surface area contributed by atoms with Crippen LogP contribution in [0.3, 0.4) is 0 Å². The summed E-state index contributed by atoms with van der Waals surface area (Å²) in [7, 11) is 0. The van der Waals surface area contributed by atoms with Crippen LogP contribution < -0.4 is 5.32 Å². The van der Waals surface area contributed by atoms with Crippen LogP contribution in [0.5, 0.6) is 0 Å². The number of rotatable bonds is 8. The van der Waals surface area contributed by atoms with E-state index in [0.717, 1.165) is 32.5 Å². The summed E-state index contributed by atoms with van der Waals surface area (Å²) in [5.74, 6) is -0.0832. The highest BCUT2D eigenvalue weighted by Gasteiger charge is 2.16. The van der Waals surface area contributed by atoms with Crippen molar-refractivity contribution in [3.05, 3.63) is 34.7 Å². The lowest BCUT2D eigenvalue weighted by Gasteiger charge is -2.17. The van der Waals surface area contributed by atoms with E-state index in [0.29, 0.717) is 28.6 Å². The van der Waals surface area contributed by atoms with Gasteiger partial charge in [-0.25, -0.2) is 4.98 Å². The fourth-order valence-corrected chi connectivity index (χ4v) is 2.85. The van der Waals surface area contributed by atoms with Crippen LogP contribution in [0.2, 0.25) is 5.02 Å². The normalized spacial score (nSPS) is 11.3. The average Bonchev–Trinajstić information content (AvgIpc) is 2.85. The van der Waals surface area contributed by atoms with Gasteiger partial charge in [-0.3, -0.25) is 9.20 Å². The zero-order valence-corrected chi connectivity index (χ0v) is 14.9. The van der Waals surface area contributed by atoms with Crippen molar-refractivity contribution in [3.8, 4) is 0 Å². The molecule has 0 aromatic carbocycles. The Morgan fingerprint density at radius 2 is 2.09 bits per heavy atom. The zero-order chi connectivity index (χ0) is 16.8. The highest BCUT2D eigenvalue weighted by molar-refractivity contribution is 6.30. The standard InChI is InChI=1S/C17H25ClN4O/c1-4-21(5-2)10-7-6-9-19-17(23)16-13(3)20-15-12-14(18)8-11-22(15)16/h8,11-12H,4-7,9-10H2,1-3H3,(H,19,23). The SMILES string of the molecule is CCN(CC)CCCCNC(=O)c1c(C)nc2cc(Cl)ccn12. The highest BCUT2D eigenvalue weighted by atomic mass is 35.5. The summed E-state index contributed by atoms with van der Waals surface area (Å²) >= 11 is 5.97. The molecule has 0 atom stereocenters. The van der Waals surface area contributed by atoms with E-state index in [1.54, 1.807) is 22.7 Å². The van der Waals surface area contributed by atoms with Gasteiger partial charge in [0.2, 0.25) is 0 Å². The molecule has 2 rings (SSSR count). The number of fused-ring (bicyclic) bond motifs is 1. The molecule has 0 bridgehead atoms. The number of aromatic nitrogens is 2. The number of imidazole rings is 1. The Morgan fingerprint density at radius 1 is 1.35 bits per heavy atom. The van der Waals surface area contributed by atoms with E-state index in [4.69, 9.17) is 11.6 Å².